The fraction of sp³-hybridized carbons (Fsp3) is 0.357. The lowest BCUT2D eigenvalue weighted by Gasteiger charge is -2.38. The Morgan fingerprint density at radius 1 is 1.05 bits per heavy atom. The molecule has 3 unspecified atom stereocenters. The van der Waals surface area contributed by atoms with Crippen molar-refractivity contribution < 1.29 is 28.5 Å². The van der Waals surface area contributed by atoms with Crippen LogP contribution in [0, 0.1) is 11.3 Å². The van der Waals surface area contributed by atoms with Gasteiger partial charge in [0.25, 0.3) is 26.2 Å². The Balaban J connectivity index is 1.65. The molecular formula is C28H31N4O6P. The lowest BCUT2D eigenvalue weighted by molar-refractivity contribution is -0.00501. The number of amides is 3. The first-order chi connectivity index (χ1) is 18.6. The molecule has 0 spiro atoms. The van der Waals surface area contributed by atoms with Crippen molar-refractivity contribution in [2.24, 2.45) is 0 Å². The van der Waals surface area contributed by atoms with E-state index >= 15 is 0 Å². The van der Waals surface area contributed by atoms with E-state index in [-0.39, 0.29) is 38.1 Å². The molecule has 0 fully saturated rings. The van der Waals surface area contributed by atoms with Gasteiger partial charge in [0.15, 0.2) is 6.23 Å². The average Bonchev–Trinajstić information content (AvgIpc) is 3.29. The Hall–Kier alpha value is -3.61. The van der Waals surface area contributed by atoms with Crippen molar-refractivity contribution >= 4 is 26.2 Å². The van der Waals surface area contributed by atoms with E-state index in [0.29, 0.717) is 28.0 Å². The molecule has 4 rings (SSSR count). The minimum atomic E-state index is -1.85. The van der Waals surface area contributed by atoms with E-state index in [2.05, 4.69) is 6.58 Å². The highest BCUT2D eigenvalue weighted by atomic mass is 31.2. The van der Waals surface area contributed by atoms with Crippen LogP contribution in [0.25, 0.3) is 0 Å². The van der Waals surface area contributed by atoms with Crippen LogP contribution in [0.5, 0.6) is 0 Å². The molecule has 10 nitrogen and oxygen atoms in total. The maximum absolute atomic E-state index is 13.2. The molecule has 3 amide bonds. The first-order valence-electron chi connectivity index (χ1n) is 12.6. The molecule has 0 saturated heterocycles. The molecule has 11 heteroatoms. The van der Waals surface area contributed by atoms with Crippen LogP contribution >= 0.6 is 8.53 Å². The zero-order valence-corrected chi connectivity index (χ0v) is 23.0. The quantitative estimate of drug-likeness (QED) is 0.237. The number of benzene rings is 2. The van der Waals surface area contributed by atoms with Gasteiger partial charge in [-0.15, -0.1) is 0 Å². The number of fused-ring (bicyclic) bond motifs is 2. The number of nitriles is 1. The molecule has 2 aromatic rings. The summed E-state index contributed by atoms with van der Waals surface area (Å²) in [6.45, 7) is 9.50. The van der Waals surface area contributed by atoms with Gasteiger partial charge in [-0.2, -0.15) is 5.26 Å². The summed E-state index contributed by atoms with van der Waals surface area (Å²) in [6.07, 6.45) is -2.00. The number of rotatable bonds is 12. The van der Waals surface area contributed by atoms with Gasteiger partial charge in [-0.3, -0.25) is 19.3 Å². The first kappa shape index (κ1) is 28.4. The van der Waals surface area contributed by atoms with Crippen molar-refractivity contribution in [3.63, 3.8) is 0 Å². The standard InChI is InChI=1S/C28H31N4O6P/c1-18(2)32(19(3)4)39(37-15-9-14-29)38-20(16-30-25(33)21-10-5-6-11-22(21)26(30)34)17-31-27(35)23-12-7-8-13-24(23)28(31)36/h5-8,10-13,19-20,25,33H,1,9,15-17H2,2-4H3. The lowest BCUT2D eigenvalue weighted by Crippen LogP contribution is -2.45. The number of aliphatic hydroxyl groups excluding tert-OH is 1. The minimum Gasteiger partial charge on any atom is -0.369 e. The van der Waals surface area contributed by atoms with Crippen LogP contribution < -0.4 is 0 Å². The molecule has 2 aliphatic rings. The topological polar surface area (TPSA) is 123 Å². The highest BCUT2D eigenvalue weighted by Gasteiger charge is 2.42. The number of nitrogens with zero attached hydrogens (tertiary/aromatic N) is 4. The molecule has 2 aromatic carbocycles. The van der Waals surface area contributed by atoms with Crippen molar-refractivity contribution in [2.45, 2.75) is 45.6 Å². The maximum Gasteiger partial charge on any atom is 0.290 e. The van der Waals surface area contributed by atoms with E-state index < -0.39 is 32.7 Å². The van der Waals surface area contributed by atoms with Crippen molar-refractivity contribution in [3.05, 3.63) is 83.1 Å². The molecule has 204 valence electrons. The van der Waals surface area contributed by atoms with Crippen molar-refractivity contribution in [1.82, 2.24) is 14.5 Å². The Kier molecular flexibility index (Phi) is 8.78. The number of aliphatic hydroxyl groups is 1. The molecule has 0 saturated carbocycles. The van der Waals surface area contributed by atoms with E-state index in [9.17, 15) is 19.5 Å². The molecule has 2 heterocycles. The lowest BCUT2D eigenvalue weighted by atomic mass is 10.1. The van der Waals surface area contributed by atoms with E-state index in [0.717, 1.165) is 4.90 Å². The van der Waals surface area contributed by atoms with Gasteiger partial charge < -0.3 is 23.7 Å². The van der Waals surface area contributed by atoms with Gasteiger partial charge in [0.05, 0.1) is 43.3 Å². The third kappa shape index (κ3) is 5.72. The summed E-state index contributed by atoms with van der Waals surface area (Å²) < 4.78 is 14.3. The zero-order valence-electron chi connectivity index (χ0n) is 22.1. The van der Waals surface area contributed by atoms with Crippen molar-refractivity contribution in [3.8, 4) is 6.07 Å². The number of carbonyl (C=O) groups excluding carboxylic acids is 3. The van der Waals surface area contributed by atoms with Crippen LogP contribution in [0.1, 0.15) is 70.1 Å². The predicted molar refractivity (Wildman–Crippen MR) is 144 cm³/mol. The van der Waals surface area contributed by atoms with E-state index in [1.807, 2.05) is 24.6 Å². The normalized spacial score (nSPS) is 17.7. The van der Waals surface area contributed by atoms with Crippen LogP contribution in [-0.2, 0) is 9.05 Å². The van der Waals surface area contributed by atoms with Gasteiger partial charge >= 0.3 is 0 Å². The second-order valence-electron chi connectivity index (χ2n) is 9.57. The summed E-state index contributed by atoms with van der Waals surface area (Å²) in [5.41, 5.74) is 2.11. The number of allylic oxidation sites excluding steroid dienone is 1. The molecule has 0 radical (unpaired) electrons. The third-order valence-corrected chi connectivity index (χ3v) is 8.44. The third-order valence-electron chi connectivity index (χ3n) is 6.40. The van der Waals surface area contributed by atoms with E-state index in [4.69, 9.17) is 14.3 Å². The molecule has 0 bridgehead atoms. The minimum absolute atomic E-state index is 0.0843. The zero-order chi connectivity index (χ0) is 28.3. The van der Waals surface area contributed by atoms with E-state index in [1.54, 1.807) is 55.5 Å². The monoisotopic (exact) mass is 550 g/mol. The van der Waals surface area contributed by atoms with Crippen LogP contribution in [0.4, 0.5) is 0 Å². The molecule has 2 aliphatic heterocycles. The van der Waals surface area contributed by atoms with Gasteiger partial charge in [0.1, 0.15) is 6.10 Å². The Morgan fingerprint density at radius 3 is 2.18 bits per heavy atom. The van der Waals surface area contributed by atoms with Crippen LogP contribution in [-0.4, -0.2) is 69.1 Å². The van der Waals surface area contributed by atoms with Gasteiger partial charge in [0, 0.05) is 22.9 Å². The SMILES string of the molecule is C=C(C)N(C(C)C)P(OCCC#N)OC(CN1C(=O)c2ccccc2C1=O)CN1C(=O)c2ccccc2C1O. The molecule has 39 heavy (non-hydrogen) atoms. The Morgan fingerprint density at radius 2 is 1.64 bits per heavy atom. The second-order valence-corrected chi connectivity index (χ2v) is 10.9. The van der Waals surface area contributed by atoms with Gasteiger partial charge in [0.2, 0.25) is 0 Å². The predicted octanol–water partition coefficient (Wildman–Crippen LogP) is 4.22. The Bertz CT molecular complexity index is 1290. The van der Waals surface area contributed by atoms with Crippen LogP contribution in [0.2, 0.25) is 0 Å². The van der Waals surface area contributed by atoms with Gasteiger partial charge in [-0.1, -0.05) is 36.9 Å². The maximum atomic E-state index is 13.2. The Labute approximate surface area is 229 Å². The van der Waals surface area contributed by atoms with Crippen LogP contribution in [0.15, 0.2) is 60.8 Å². The first-order valence-corrected chi connectivity index (χ1v) is 13.7. The summed E-state index contributed by atoms with van der Waals surface area (Å²) in [6, 6.07) is 15.3. The molecule has 1 N–H and O–H groups in total. The highest BCUT2D eigenvalue weighted by Crippen LogP contribution is 2.48. The fourth-order valence-electron chi connectivity index (χ4n) is 4.69. The summed E-state index contributed by atoms with van der Waals surface area (Å²) in [4.78, 5) is 41.9. The molecular weight excluding hydrogens is 519 g/mol. The molecule has 0 aromatic heterocycles. The number of hydrogen-bond acceptors (Lipinski definition) is 8. The van der Waals surface area contributed by atoms with Gasteiger partial charge in [-0.25, -0.2) is 0 Å². The summed E-state index contributed by atoms with van der Waals surface area (Å²) in [5, 5.41) is 20.0. The smallest absolute Gasteiger partial charge is 0.290 e. The van der Waals surface area contributed by atoms with Gasteiger partial charge in [-0.05, 0) is 39.0 Å². The van der Waals surface area contributed by atoms with Crippen LogP contribution in [0.3, 0.4) is 0 Å². The number of imide groups is 1. The summed E-state index contributed by atoms with van der Waals surface area (Å²) in [7, 11) is -1.85. The number of hydrogen-bond donors (Lipinski definition) is 1. The molecule has 3 atom stereocenters. The second kappa shape index (κ2) is 12.1. The largest absolute Gasteiger partial charge is 0.369 e. The van der Waals surface area contributed by atoms with Crippen molar-refractivity contribution in [1.29, 1.82) is 5.26 Å². The molecule has 0 aliphatic carbocycles. The fourth-order valence-corrected chi connectivity index (χ4v) is 6.27. The average molecular weight is 551 g/mol. The van der Waals surface area contributed by atoms with E-state index in [1.165, 1.54) is 4.90 Å². The summed E-state index contributed by atoms with van der Waals surface area (Å²) in [5.74, 6) is -1.31. The summed E-state index contributed by atoms with van der Waals surface area (Å²) >= 11 is 0. The number of carbonyl (C=O) groups is 3. The highest BCUT2D eigenvalue weighted by molar-refractivity contribution is 7.44. The van der Waals surface area contributed by atoms with Crippen molar-refractivity contribution in [2.75, 3.05) is 19.7 Å².